The number of carbonyl (C=O) groups excluding carboxylic acids is 1. The molecule has 0 bridgehead atoms. The predicted octanol–water partition coefficient (Wildman–Crippen LogP) is 6.27. The Hall–Kier alpha value is -1.16. The number of rotatable bonds is 1. The lowest BCUT2D eigenvalue weighted by Crippen LogP contribution is -2.68. The third kappa shape index (κ3) is 2.70. The van der Waals surface area contributed by atoms with Crippen LogP contribution >= 0.6 is 0 Å². The summed E-state index contributed by atoms with van der Waals surface area (Å²) in [5, 5.41) is 21.1. The van der Waals surface area contributed by atoms with Gasteiger partial charge in [0.25, 0.3) is 0 Å². The number of hydrogen-bond acceptors (Lipinski definition) is 3. The Balaban J connectivity index is 1.65. The summed E-state index contributed by atoms with van der Waals surface area (Å²) in [5.41, 5.74) is -0.124. The van der Waals surface area contributed by atoms with Gasteiger partial charge in [-0.15, -0.1) is 0 Å². The molecule has 0 radical (unpaired) electrons. The minimum Gasteiger partial charge on any atom is -0.481 e. The third-order valence-corrected chi connectivity index (χ3v) is 13.2. The Morgan fingerprint density at radius 2 is 1.62 bits per heavy atom. The minimum absolute atomic E-state index is 0.0370. The van der Waals surface area contributed by atoms with E-state index in [0.717, 1.165) is 25.7 Å². The second kappa shape index (κ2) is 7.20. The quantitative estimate of drug-likeness (QED) is 0.474. The lowest BCUT2D eigenvalue weighted by atomic mass is 9.33. The molecular weight excluding hydrogens is 424 g/mol. The monoisotopic (exact) mass is 470 g/mol. The van der Waals surface area contributed by atoms with Gasteiger partial charge in [-0.3, -0.25) is 9.59 Å². The molecule has 4 heteroatoms. The summed E-state index contributed by atoms with van der Waals surface area (Å²) in [6.45, 7) is 16.0. The molecule has 11 atom stereocenters. The van der Waals surface area contributed by atoms with Crippen molar-refractivity contribution in [2.75, 3.05) is 0 Å². The second-order valence-electron chi connectivity index (χ2n) is 14.4. The van der Waals surface area contributed by atoms with Gasteiger partial charge in [-0.2, -0.15) is 0 Å². The molecule has 0 aromatic carbocycles. The van der Waals surface area contributed by atoms with E-state index in [1.165, 1.54) is 24.8 Å². The van der Waals surface area contributed by atoms with E-state index in [-0.39, 0.29) is 33.9 Å². The van der Waals surface area contributed by atoms with Gasteiger partial charge in [-0.05, 0) is 110 Å². The first-order chi connectivity index (χ1) is 15.7. The average Bonchev–Trinajstić information content (AvgIpc) is 2.75. The van der Waals surface area contributed by atoms with Crippen molar-refractivity contribution in [3.05, 3.63) is 11.6 Å². The number of carbonyl (C=O) groups is 2. The van der Waals surface area contributed by atoms with Crippen LogP contribution in [0, 0.1) is 56.7 Å². The van der Waals surface area contributed by atoms with Crippen LogP contribution in [0.5, 0.6) is 0 Å². The normalized spacial score (nSPS) is 56.9. The summed E-state index contributed by atoms with van der Waals surface area (Å²) < 4.78 is 0. The van der Waals surface area contributed by atoms with Crippen molar-refractivity contribution in [3.8, 4) is 0 Å². The maximum Gasteiger partial charge on any atom is 0.312 e. The number of ketones is 1. The van der Waals surface area contributed by atoms with Gasteiger partial charge in [-0.1, -0.05) is 47.1 Å². The molecule has 0 heterocycles. The first-order valence-electron chi connectivity index (χ1n) is 13.8. The Kier molecular flexibility index (Phi) is 5.20. The van der Waals surface area contributed by atoms with Crippen molar-refractivity contribution in [2.24, 2.45) is 56.7 Å². The zero-order valence-corrected chi connectivity index (χ0v) is 22.4. The highest BCUT2D eigenvalue weighted by Crippen LogP contribution is 2.75. The molecule has 0 spiro atoms. The van der Waals surface area contributed by atoms with Crippen molar-refractivity contribution < 1.29 is 19.8 Å². The number of carboxylic acids is 1. The summed E-state index contributed by atoms with van der Waals surface area (Å²) >= 11 is 0. The maximum atomic E-state index is 14.2. The molecule has 5 rings (SSSR count). The number of aliphatic hydroxyl groups excluding tert-OH is 1. The van der Waals surface area contributed by atoms with Gasteiger partial charge < -0.3 is 10.2 Å². The molecular formula is C30H46O4. The summed E-state index contributed by atoms with van der Waals surface area (Å²) in [6, 6.07) is 0. The molecule has 0 aromatic rings. The number of carboxylic acid groups (broad SMARTS) is 1. The van der Waals surface area contributed by atoms with Gasteiger partial charge in [0.1, 0.15) is 0 Å². The van der Waals surface area contributed by atoms with E-state index in [1.54, 1.807) is 6.92 Å². The SMILES string of the molecule is C[C@H]1[C@H](C)CC[C@]2(C)CC[C@]3(C)C(=CC(=O)[C@@H]4[C@@]5(C)CC[C@@H](O)[C@](C)(C(=O)O)[C@@H]5CC[C@]43C)[C@H]12. The Morgan fingerprint density at radius 1 is 0.941 bits per heavy atom. The van der Waals surface area contributed by atoms with Crippen molar-refractivity contribution in [2.45, 2.75) is 106 Å². The molecule has 0 aromatic heterocycles. The fourth-order valence-electron chi connectivity index (χ4n) is 10.7. The lowest BCUT2D eigenvalue weighted by Gasteiger charge is -2.70. The molecule has 0 amide bonds. The summed E-state index contributed by atoms with van der Waals surface area (Å²) in [4.78, 5) is 26.7. The van der Waals surface area contributed by atoms with Gasteiger partial charge in [0, 0.05) is 5.92 Å². The first kappa shape index (κ1) is 24.5. The van der Waals surface area contributed by atoms with Crippen LogP contribution in [0.15, 0.2) is 11.6 Å². The first-order valence-corrected chi connectivity index (χ1v) is 13.8. The average molecular weight is 471 g/mol. The van der Waals surface area contributed by atoms with Gasteiger partial charge in [0.05, 0.1) is 11.5 Å². The molecule has 4 saturated carbocycles. The molecule has 2 N–H and O–H groups in total. The van der Waals surface area contributed by atoms with E-state index in [2.05, 4.69) is 47.6 Å². The summed E-state index contributed by atoms with van der Waals surface area (Å²) in [7, 11) is 0. The highest BCUT2D eigenvalue weighted by atomic mass is 16.4. The molecule has 5 aliphatic carbocycles. The smallest absolute Gasteiger partial charge is 0.312 e. The number of fused-ring (bicyclic) bond motifs is 7. The number of aliphatic hydroxyl groups is 1. The summed E-state index contributed by atoms with van der Waals surface area (Å²) in [6.07, 6.45) is 8.89. The number of aliphatic carboxylic acids is 1. The Morgan fingerprint density at radius 3 is 2.26 bits per heavy atom. The Bertz CT molecular complexity index is 953. The fourth-order valence-corrected chi connectivity index (χ4v) is 10.7. The van der Waals surface area contributed by atoms with Crippen molar-refractivity contribution >= 4 is 11.8 Å². The van der Waals surface area contributed by atoms with Gasteiger partial charge >= 0.3 is 5.97 Å². The molecule has 190 valence electrons. The van der Waals surface area contributed by atoms with Crippen LogP contribution in [0.25, 0.3) is 0 Å². The predicted molar refractivity (Wildman–Crippen MR) is 133 cm³/mol. The fraction of sp³-hybridized carbons (Fsp3) is 0.867. The van der Waals surface area contributed by atoms with Gasteiger partial charge in [0.15, 0.2) is 5.78 Å². The maximum absolute atomic E-state index is 14.2. The third-order valence-electron chi connectivity index (χ3n) is 13.2. The van der Waals surface area contributed by atoms with E-state index in [1.807, 2.05) is 0 Å². The van der Waals surface area contributed by atoms with Crippen LogP contribution < -0.4 is 0 Å². The Labute approximate surface area is 206 Å². The topological polar surface area (TPSA) is 74.6 Å². The van der Waals surface area contributed by atoms with Crippen molar-refractivity contribution in [3.63, 3.8) is 0 Å². The van der Waals surface area contributed by atoms with Crippen LogP contribution in [0.3, 0.4) is 0 Å². The highest BCUT2D eigenvalue weighted by molar-refractivity contribution is 5.96. The van der Waals surface area contributed by atoms with Gasteiger partial charge in [0.2, 0.25) is 0 Å². The number of allylic oxidation sites excluding steroid dienone is 2. The zero-order chi connectivity index (χ0) is 25.1. The van der Waals surface area contributed by atoms with E-state index in [0.29, 0.717) is 24.2 Å². The molecule has 0 unspecified atom stereocenters. The standard InChI is InChI=1S/C30H46O4/c1-17-8-11-26(3)14-15-28(5)19(23(26)18(17)2)16-20(31)24-27(4)12-10-22(32)30(7,25(33)34)21(27)9-13-29(24,28)6/h16-18,21-24,32H,8-15H2,1-7H3,(H,33,34)/t17-,18+,21-,22-,23+,24-,26-,27+,28-,29-,30-/m1/s1. The van der Waals surface area contributed by atoms with Crippen molar-refractivity contribution in [1.29, 1.82) is 0 Å². The molecule has 4 fully saturated rings. The van der Waals surface area contributed by atoms with Crippen LogP contribution in [-0.2, 0) is 9.59 Å². The lowest BCUT2D eigenvalue weighted by molar-refractivity contribution is -0.215. The summed E-state index contributed by atoms with van der Waals surface area (Å²) in [5.74, 6) is 0.656. The second-order valence-corrected chi connectivity index (χ2v) is 14.4. The molecule has 5 aliphatic rings. The molecule has 4 nitrogen and oxygen atoms in total. The van der Waals surface area contributed by atoms with E-state index < -0.39 is 22.9 Å². The van der Waals surface area contributed by atoms with Crippen LogP contribution in [-0.4, -0.2) is 28.1 Å². The van der Waals surface area contributed by atoms with Crippen LogP contribution in [0.4, 0.5) is 0 Å². The van der Waals surface area contributed by atoms with E-state index in [4.69, 9.17) is 0 Å². The van der Waals surface area contributed by atoms with E-state index in [9.17, 15) is 19.8 Å². The largest absolute Gasteiger partial charge is 0.481 e. The number of hydrogen-bond donors (Lipinski definition) is 2. The van der Waals surface area contributed by atoms with Crippen molar-refractivity contribution in [1.82, 2.24) is 0 Å². The van der Waals surface area contributed by atoms with Gasteiger partial charge in [-0.25, -0.2) is 0 Å². The highest BCUT2D eigenvalue weighted by Gasteiger charge is 2.71. The van der Waals surface area contributed by atoms with Crippen LogP contribution in [0.2, 0.25) is 0 Å². The molecule has 0 saturated heterocycles. The zero-order valence-electron chi connectivity index (χ0n) is 22.4. The van der Waals surface area contributed by atoms with Crippen LogP contribution in [0.1, 0.15) is 99.8 Å². The molecule has 34 heavy (non-hydrogen) atoms. The van der Waals surface area contributed by atoms with E-state index >= 15 is 0 Å². The molecule has 0 aliphatic heterocycles. The minimum atomic E-state index is -1.20.